The number of amides is 1. The molecule has 7 nitrogen and oxygen atoms in total. The highest BCUT2D eigenvalue weighted by atomic mass is 32.2. The van der Waals surface area contributed by atoms with Crippen molar-refractivity contribution >= 4 is 27.0 Å². The van der Waals surface area contributed by atoms with E-state index in [1.165, 1.54) is 18.2 Å². The lowest BCUT2D eigenvalue weighted by atomic mass is 10.1. The van der Waals surface area contributed by atoms with Gasteiger partial charge in [-0.25, -0.2) is 17.8 Å². The van der Waals surface area contributed by atoms with Crippen molar-refractivity contribution in [2.75, 3.05) is 6.54 Å². The molecule has 160 valence electrons. The number of nitrogens with one attached hydrogen (secondary N) is 2. The number of rotatable bonds is 8. The van der Waals surface area contributed by atoms with E-state index in [9.17, 15) is 17.6 Å². The average molecular weight is 433 g/mol. The van der Waals surface area contributed by atoms with Gasteiger partial charge in [0.2, 0.25) is 15.9 Å². The second kappa shape index (κ2) is 8.93. The standard InChI is InChI=1S/C21H25FN4O3S/c1-14(2)20(25-30(28,29)19-11-7-4-8-16(19)22)21(27)23-12-13-26-15(3)24-17-9-5-6-10-18(17)26/h4-11,14,20,25H,12-13H2,1-3H3,(H,23,27)/t20-/m0/s1. The van der Waals surface area contributed by atoms with Gasteiger partial charge in [-0.05, 0) is 37.1 Å². The first-order valence-corrected chi connectivity index (χ1v) is 11.2. The normalized spacial score (nSPS) is 13.0. The highest BCUT2D eigenvalue weighted by Gasteiger charge is 2.29. The lowest BCUT2D eigenvalue weighted by Crippen LogP contribution is -2.50. The Hall–Kier alpha value is -2.78. The van der Waals surface area contributed by atoms with Crippen LogP contribution in [0.3, 0.4) is 0 Å². The monoisotopic (exact) mass is 432 g/mol. The number of carbonyl (C=O) groups is 1. The van der Waals surface area contributed by atoms with Crippen LogP contribution in [0.4, 0.5) is 4.39 Å². The maximum atomic E-state index is 13.9. The summed E-state index contributed by atoms with van der Waals surface area (Å²) in [6.07, 6.45) is 0. The molecule has 0 saturated heterocycles. The second-order valence-electron chi connectivity index (χ2n) is 7.36. The Kier molecular flexibility index (Phi) is 6.52. The van der Waals surface area contributed by atoms with E-state index in [0.29, 0.717) is 13.1 Å². The Morgan fingerprint density at radius 2 is 1.80 bits per heavy atom. The number of fused-ring (bicyclic) bond motifs is 1. The predicted octanol–water partition coefficient (Wildman–Crippen LogP) is 2.60. The van der Waals surface area contributed by atoms with Crippen LogP contribution in [0.25, 0.3) is 11.0 Å². The van der Waals surface area contributed by atoms with Crippen LogP contribution in [-0.2, 0) is 21.4 Å². The maximum absolute atomic E-state index is 13.9. The number of hydrogen-bond donors (Lipinski definition) is 2. The molecule has 0 spiro atoms. The third-order valence-electron chi connectivity index (χ3n) is 4.84. The van der Waals surface area contributed by atoms with Gasteiger partial charge < -0.3 is 9.88 Å². The van der Waals surface area contributed by atoms with Crippen LogP contribution < -0.4 is 10.0 Å². The SMILES string of the molecule is Cc1nc2ccccc2n1CCNC(=O)[C@@H](NS(=O)(=O)c1ccccc1F)C(C)C. The average Bonchev–Trinajstić information content (AvgIpc) is 3.01. The number of hydrogen-bond acceptors (Lipinski definition) is 4. The van der Waals surface area contributed by atoms with Gasteiger partial charge in [-0.3, -0.25) is 4.79 Å². The van der Waals surface area contributed by atoms with Crippen molar-refractivity contribution in [1.29, 1.82) is 0 Å². The molecular weight excluding hydrogens is 407 g/mol. The minimum atomic E-state index is -4.19. The van der Waals surface area contributed by atoms with Crippen LogP contribution in [0.2, 0.25) is 0 Å². The van der Waals surface area contributed by atoms with E-state index in [1.807, 2.05) is 35.8 Å². The van der Waals surface area contributed by atoms with Gasteiger partial charge >= 0.3 is 0 Å². The Bertz CT molecular complexity index is 1160. The van der Waals surface area contributed by atoms with Gasteiger partial charge in [0.25, 0.3) is 0 Å². The lowest BCUT2D eigenvalue weighted by Gasteiger charge is -2.22. The van der Waals surface area contributed by atoms with Crippen LogP contribution in [0.1, 0.15) is 19.7 Å². The molecule has 30 heavy (non-hydrogen) atoms. The first-order chi connectivity index (χ1) is 14.2. The molecule has 3 aromatic rings. The summed E-state index contributed by atoms with van der Waals surface area (Å²) in [5, 5.41) is 2.77. The summed E-state index contributed by atoms with van der Waals surface area (Å²) >= 11 is 0. The zero-order valence-electron chi connectivity index (χ0n) is 17.1. The molecule has 0 radical (unpaired) electrons. The van der Waals surface area contributed by atoms with Crippen molar-refractivity contribution in [3.8, 4) is 0 Å². The highest BCUT2D eigenvalue weighted by Crippen LogP contribution is 2.16. The number of benzene rings is 2. The number of carbonyl (C=O) groups excluding carboxylic acids is 1. The first-order valence-electron chi connectivity index (χ1n) is 9.67. The number of aryl methyl sites for hydroxylation is 1. The lowest BCUT2D eigenvalue weighted by molar-refractivity contribution is -0.123. The third-order valence-corrected chi connectivity index (χ3v) is 6.31. The van der Waals surface area contributed by atoms with E-state index in [0.717, 1.165) is 22.9 Å². The summed E-state index contributed by atoms with van der Waals surface area (Å²) in [5.41, 5.74) is 1.84. The Balaban J connectivity index is 1.69. The Labute approximate surface area is 175 Å². The maximum Gasteiger partial charge on any atom is 0.244 e. The largest absolute Gasteiger partial charge is 0.353 e. The van der Waals surface area contributed by atoms with Crippen LogP contribution in [0, 0.1) is 18.7 Å². The molecule has 1 aromatic heterocycles. The molecule has 0 unspecified atom stereocenters. The van der Waals surface area contributed by atoms with Crippen LogP contribution in [-0.4, -0.2) is 36.5 Å². The molecule has 1 amide bonds. The van der Waals surface area contributed by atoms with Gasteiger partial charge in [0.1, 0.15) is 22.6 Å². The summed E-state index contributed by atoms with van der Waals surface area (Å²) in [6, 6.07) is 11.7. The summed E-state index contributed by atoms with van der Waals surface area (Å²) in [7, 11) is -4.19. The van der Waals surface area contributed by atoms with Crippen molar-refractivity contribution in [3.05, 3.63) is 60.2 Å². The van der Waals surface area contributed by atoms with Crippen molar-refractivity contribution < 1.29 is 17.6 Å². The second-order valence-corrected chi connectivity index (χ2v) is 9.05. The molecule has 2 N–H and O–H groups in total. The van der Waals surface area contributed by atoms with Crippen molar-refractivity contribution in [2.24, 2.45) is 5.92 Å². The molecular formula is C21H25FN4O3S. The molecule has 2 aromatic carbocycles. The van der Waals surface area contributed by atoms with Crippen LogP contribution in [0.15, 0.2) is 53.4 Å². The summed E-state index contributed by atoms with van der Waals surface area (Å²) in [4.78, 5) is 16.7. The van der Waals surface area contributed by atoms with Gasteiger partial charge in [-0.15, -0.1) is 0 Å². The number of aromatic nitrogens is 2. The summed E-state index contributed by atoms with van der Waals surface area (Å²) < 4.78 is 43.4. The summed E-state index contributed by atoms with van der Waals surface area (Å²) in [6.45, 7) is 6.12. The fraction of sp³-hybridized carbons (Fsp3) is 0.333. The molecule has 0 aliphatic rings. The molecule has 0 aliphatic heterocycles. The highest BCUT2D eigenvalue weighted by molar-refractivity contribution is 7.89. The number of nitrogens with zero attached hydrogens (tertiary/aromatic N) is 2. The van der Waals surface area contributed by atoms with Gasteiger partial charge in [-0.1, -0.05) is 38.1 Å². The van der Waals surface area contributed by atoms with Crippen molar-refractivity contribution in [2.45, 2.75) is 38.3 Å². The number of halogens is 1. The summed E-state index contributed by atoms with van der Waals surface area (Å²) in [5.74, 6) is -0.837. The fourth-order valence-electron chi connectivity index (χ4n) is 3.26. The molecule has 1 heterocycles. The predicted molar refractivity (Wildman–Crippen MR) is 113 cm³/mol. The van der Waals surface area contributed by atoms with Crippen LogP contribution >= 0.6 is 0 Å². The first kappa shape index (κ1) is 21.9. The van der Waals surface area contributed by atoms with E-state index in [1.54, 1.807) is 13.8 Å². The number of sulfonamides is 1. The molecule has 0 saturated carbocycles. The Morgan fingerprint density at radius 1 is 1.13 bits per heavy atom. The number of para-hydroxylation sites is 2. The Morgan fingerprint density at radius 3 is 2.50 bits per heavy atom. The van der Waals surface area contributed by atoms with E-state index in [2.05, 4.69) is 15.0 Å². The molecule has 0 fully saturated rings. The van der Waals surface area contributed by atoms with Crippen molar-refractivity contribution in [1.82, 2.24) is 19.6 Å². The molecule has 0 aliphatic carbocycles. The van der Waals surface area contributed by atoms with Gasteiger partial charge in [0.05, 0.1) is 11.0 Å². The molecule has 0 bridgehead atoms. The van der Waals surface area contributed by atoms with Gasteiger partial charge in [0, 0.05) is 13.1 Å². The van der Waals surface area contributed by atoms with E-state index in [-0.39, 0.29) is 5.92 Å². The quantitative estimate of drug-likeness (QED) is 0.572. The third kappa shape index (κ3) is 4.68. The van der Waals surface area contributed by atoms with E-state index in [4.69, 9.17) is 0 Å². The molecule has 1 atom stereocenters. The smallest absolute Gasteiger partial charge is 0.244 e. The zero-order chi connectivity index (χ0) is 21.9. The minimum absolute atomic E-state index is 0.296. The molecule has 9 heteroatoms. The van der Waals surface area contributed by atoms with Crippen molar-refractivity contribution in [3.63, 3.8) is 0 Å². The van der Waals surface area contributed by atoms with Crippen LogP contribution in [0.5, 0.6) is 0 Å². The van der Waals surface area contributed by atoms with E-state index >= 15 is 0 Å². The fourth-order valence-corrected chi connectivity index (χ4v) is 4.69. The number of imidazole rings is 1. The van der Waals surface area contributed by atoms with Gasteiger partial charge in [-0.2, -0.15) is 4.72 Å². The van der Waals surface area contributed by atoms with Gasteiger partial charge in [0.15, 0.2) is 0 Å². The minimum Gasteiger partial charge on any atom is -0.353 e. The molecule has 3 rings (SSSR count). The topological polar surface area (TPSA) is 93.1 Å². The van der Waals surface area contributed by atoms with E-state index < -0.39 is 32.7 Å². The zero-order valence-corrected chi connectivity index (χ0v) is 17.9.